The molecule has 1 fully saturated rings. The topological polar surface area (TPSA) is 68.1 Å². The lowest BCUT2D eigenvalue weighted by Crippen LogP contribution is -2.18. The number of pyridine rings is 1. The van der Waals surface area contributed by atoms with Crippen molar-refractivity contribution in [3.63, 3.8) is 0 Å². The van der Waals surface area contributed by atoms with Crippen LogP contribution in [0.15, 0.2) is 60.0 Å². The minimum Gasteiger partial charge on any atom is -0.357 e. The summed E-state index contributed by atoms with van der Waals surface area (Å²) in [5.41, 5.74) is 2.74. The molecule has 4 rings (SSSR count). The molecule has 0 amide bonds. The Morgan fingerprint density at radius 2 is 1.69 bits per heavy atom. The van der Waals surface area contributed by atoms with E-state index >= 15 is 0 Å². The molecule has 3 aromatic rings. The Morgan fingerprint density at radius 3 is 2.31 bits per heavy atom. The maximum Gasteiger partial charge on any atom is 0.175 e. The molecule has 7 heteroatoms. The molecule has 134 valence electrons. The van der Waals surface area contributed by atoms with Crippen LogP contribution in [-0.4, -0.2) is 42.3 Å². The highest BCUT2D eigenvalue weighted by Crippen LogP contribution is 2.25. The van der Waals surface area contributed by atoms with Crippen molar-refractivity contribution in [3.8, 4) is 16.9 Å². The lowest BCUT2D eigenvalue weighted by molar-refractivity contribution is 0.602. The van der Waals surface area contributed by atoms with Crippen molar-refractivity contribution in [2.75, 3.05) is 24.2 Å². The smallest absolute Gasteiger partial charge is 0.175 e. The van der Waals surface area contributed by atoms with E-state index < -0.39 is 9.84 Å². The third-order valence-electron chi connectivity index (χ3n) is 4.66. The van der Waals surface area contributed by atoms with E-state index in [1.165, 1.54) is 19.1 Å². The number of anilines is 1. The summed E-state index contributed by atoms with van der Waals surface area (Å²) in [7, 11) is -3.20. The number of hydrogen-bond donors (Lipinski definition) is 0. The van der Waals surface area contributed by atoms with Crippen LogP contribution in [0.2, 0.25) is 0 Å². The van der Waals surface area contributed by atoms with Crippen molar-refractivity contribution in [1.29, 1.82) is 0 Å². The van der Waals surface area contributed by atoms with Crippen LogP contribution >= 0.6 is 0 Å². The SMILES string of the molecule is CS(=O)(=O)c1ccc(-n2cncc2-c2ccc(N3CCCC3)nc2)cc1. The zero-order valence-corrected chi connectivity index (χ0v) is 15.4. The summed E-state index contributed by atoms with van der Waals surface area (Å²) in [6.45, 7) is 2.13. The number of hydrogen-bond acceptors (Lipinski definition) is 5. The second-order valence-electron chi connectivity index (χ2n) is 6.51. The molecular formula is C19H20N4O2S. The third-order valence-corrected chi connectivity index (χ3v) is 5.78. The van der Waals surface area contributed by atoms with Gasteiger partial charge in [0, 0.05) is 36.8 Å². The number of nitrogens with zero attached hydrogens (tertiary/aromatic N) is 4. The quantitative estimate of drug-likeness (QED) is 0.708. The van der Waals surface area contributed by atoms with Gasteiger partial charge in [0.15, 0.2) is 9.84 Å². The van der Waals surface area contributed by atoms with E-state index in [1.54, 1.807) is 36.8 Å². The summed E-state index contributed by atoms with van der Waals surface area (Å²) in [6.07, 6.45) is 9.03. The number of aromatic nitrogens is 3. The van der Waals surface area contributed by atoms with Crippen LogP contribution in [0.5, 0.6) is 0 Å². The van der Waals surface area contributed by atoms with Gasteiger partial charge in [-0.3, -0.25) is 4.57 Å². The van der Waals surface area contributed by atoms with Gasteiger partial charge in [0.25, 0.3) is 0 Å². The first-order chi connectivity index (χ1) is 12.5. The highest BCUT2D eigenvalue weighted by Gasteiger charge is 2.14. The van der Waals surface area contributed by atoms with Crippen molar-refractivity contribution in [2.45, 2.75) is 17.7 Å². The lowest BCUT2D eigenvalue weighted by Gasteiger charge is -2.16. The van der Waals surface area contributed by atoms with Crippen molar-refractivity contribution in [2.24, 2.45) is 0 Å². The molecule has 1 aromatic carbocycles. The molecule has 0 spiro atoms. The molecule has 0 bridgehead atoms. The first-order valence-corrected chi connectivity index (χ1v) is 10.5. The number of imidazole rings is 1. The number of rotatable bonds is 4. The summed E-state index contributed by atoms with van der Waals surface area (Å²) in [6, 6.07) is 10.9. The van der Waals surface area contributed by atoms with Gasteiger partial charge in [0.2, 0.25) is 0 Å². The Hall–Kier alpha value is -2.67. The van der Waals surface area contributed by atoms with Crippen LogP contribution in [0.25, 0.3) is 16.9 Å². The average Bonchev–Trinajstić information content (AvgIpc) is 3.33. The van der Waals surface area contributed by atoms with Crippen molar-refractivity contribution < 1.29 is 8.42 Å². The predicted molar refractivity (Wildman–Crippen MR) is 101 cm³/mol. The van der Waals surface area contributed by atoms with Gasteiger partial charge in [-0.05, 0) is 49.2 Å². The van der Waals surface area contributed by atoms with E-state index in [2.05, 4.69) is 20.9 Å². The molecule has 1 aliphatic heterocycles. The van der Waals surface area contributed by atoms with Gasteiger partial charge in [0.1, 0.15) is 5.82 Å². The zero-order chi connectivity index (χ0) is 18.1. The Bertz CT molecular complexity index is 1000. The van der Waals surface area contributed by atoms with Crippen LogP contribution in [0.1, 0.15) is 12.8 Å². The second-order valence-corrected chi connectivity index (χ2v) is 8.53. The van der Waals surface area contributed by atoms with Crippen LogP contribution in [-0.2, 0) is 9.84 Å². The van der Waals surface area contributed by atoms with Gasteiger partial charge in [0.05, 0.1) is 23.1 Å². The van der Waals surface area contributed by atoms with E-state index in [-0.39, 0.29) is 0 Å². The molecule has 1 aliphatic rings. The van der Waals surface area contributed by atoms with Crippen molar-refractivity contribution in [3.05, 3.63) is 55.1 Å². The third kappa shape index (κ3) is 3.22. The fourth-order valence-electron chi connectivity index (χ4n) is 3.24. The van der Waals surface area contributed by atoms with Gasteiger partial charge >= 0.3 is 0 Å². The van der Waals surface area contributed by atoms with E-state index in [9.17, 15) is 8.42 Å². The first kappa shape index (κ1) is 16.8. The Labute approximate surface area is 153 Å². The molecule has 0 unspecified atom stereocenters. The van der Waals surface area contributed by atoms with Crippen LogP contribution in [0, 0.1) is 0 Å². The maximum absolute atomic E-state index is 11.6. The van der Waals surface area contributed by atoms with Gasteiger partial charge in [-0.25, -0.2) is 18.4 Å². The van der Waals surface area contributed by atoms with E-state index in [4.69, 9.17) is 0 Å². The lowest BCUT2D eigenvalue weighted by atomic mass is 10.2. The van der Waals surface area contributed by atoms with Gasteiger partial charge in [-0.1, -0.05) is 0 Å². The molecule has 0 radical (unpaired) electrons. The first-order valence-electron chi connectivity index (χ1n) is 8.56. The molecule has 26 heavy (non-hydrogen) atoms. The molecular weight excluding hydrogens is 348 g/mol. The van der Waals surface area contributed by atoms with Crippen LogP contribution in [0.4, 0.5) is 5.82 Å². The molecule has 0 atom stereocenters. The fourth-order valence-corrected chi connectivity index (χ4v) is 3.87. The minimum atomic E-state index is -3.20. The summed E-state index contributed by atoms with van der Waals surface area (Å²) in [5.74, 6) is 1.01. The van der Waals surface area contributed by atoms with Crippen molar-refractivity contribution >= 4 is 15.7 Å². The van der Waals surface area contributed by atoms with E-state index in [0.29, 0.717) is 4.90 Å². The second kappa shape index (κ2) is 6.57. The summed E-state index contributed by atoms with van der Waals surface area (Å²) >= 11 is 0. The highest BCUT2D eigenvalue weighted by atomic mass is 32.2. The highest BCUT2D eigenvalue weighted by molar-refractivity contribution is 7.90. The molecule has 6 nitrogen and oxygen atoms in total. The van der Waals surface area contributed by atoms with E-state index in [0.717, 1.165) is 35.9 Å². The Kier molecular flexibility index (Phi) is 4.24. The molecule has 0 aliphatic carbocycles. The number of sulfone groups is 1. The molecule has 2 aromatic heterocycles. The van der Waals surface area contributed by atoms with E-state index in [1.807, 2.05) is 16.8 Å². The molecule has 0 saturated carbocycles. The molecule has 1 saturated heterocycles. The van der Waals surface area contributed by atoms with Gasteiger partial charge in [-0.2, -0.15) is 0 Å². The van der Waals surface area contributed by atoms with Crippen LogP contribution in [0.3, 0.4) is 0 Å². The zero-order valence-electron chi connectivity index (χ0n) is 14.5. The molecule has 3 heterocycles. The monoisotopic (exact) mass is 368 g/mol. The largest absolute Gasteiger partial charge is 0.357 e. The van der Waals surface area contributed by atoms with Crippen LogP contribution < -0.4 is 4.90 Å². The minimum absolute atomic E-state index is 0.305. The molecule has 0 N–H and O–H groups in total. The normalized spacial score (nSPS) is 14.7. The van der Waals surface area contributed by atoms with Crippen molar-refractivity contribution in [1.82, 2.24) is 14.5 Å². The maximum atomic E-state index is 11.6. The summed E-state index contributed by atoms with van der Waals surface area (Å²) in [5, 5.41) is 0. The van der Waals surface area contributed by atoms with Gasteiger partial charge in [-0.15, -0.1) is 0 Å². The van der Waals surface area contributed by atoms with Gasteiger partial charge < -0.3 is 4.90 Å². The predicted octanol–water partition coefficient (Wildman–Crippen LogP) is 2.94. The average molecular weight is 368 g/mol. The summed E-state index contributed by atoms with van der Waals surface area (Å²) < 4.78 is 25.2. The fraction of sp³-hybridized carbons (Fsp3) is 0.263. The standard InChI is InChI=1S/C19H20N4O2S/c1-26(24,25)17-7-5-16(6-8-17)23-14-20-13-18(23)15-4-9-19(21-12-15)22-10-2-3-11-22/h4-9,12-14H,2-3,10-11H2,1H3. The Morgan fingerprint density at radius 1 is 0.962 bits per heavy atom. The summed E-state index contributed by atoms with van der Waals surface area (Å²) in [4.78, 5) is 11.5. The number of benzene rings is 1. The Balaban J connectivity index is 1.64.